The Morgan fingerprint density at radius 1 is 0.971 bits per heavy atom. The maximum atomic E-state index is 13.5. The molecule has 34 heavy (non-hydrogen) atoms. The molecule has 2 aliphatic rings. The molecule has 3 aromatic rings. The minimum Gasteiger partial charge on any atom is -0.480 e. The third kappa shape index (κ3) is 4.49. The number of para-hydroxylation sites is 1. The number of nitrogens with zero attached hydrogens (tertiary/aromatic N) is 1. The van der Waals surface area contributed by atoms with Crippen molar-refractivity contribution < 1.29 is 14.3 Å². The molecule has 174 valence electrons. The zero-order valence-corrected chi connectivity index (χ0v) is 19.3. The van der Waals surface area contributed by atoms with Crippen LogP contribution in [0.25, 0.3) is 0 Å². The van der Waals surface area contributed by atoms with Gasteiger partial charge in [0.1, 0.15) is 5.75 Å². The van der Waals surface area contributed by atoms with Gasteiger partial charge in [-0.25, -0.2) is 4.79 Å². The molecule has 6 heteroatoms. The monoisotopic (exact) mass is 455 g/mol. The number of urea groups is 1. The highest BCUT2D eigenvalue weighted by Gasteiger charge is 2.36. The molecule has 1 heterocycles. The molecule has 0 spiro atoms. The van der Waals surface area contributed by atoms with Crippen molar-refractivity contribution in [3.63, 3.8) is 0 Å². The number of rotatable bonds is 4. The van der Waals surface area contributed by atoms with Crippen LogP contribution in [0.15, 0.2) is 72.8 Å². The molecule has 0 saturated carbocycles. The first-order chi connectivity index (χ1) is 16.6. The fourth-order valence-electron chi connectivity index (χ4n) is 4.93. The largest absolute Gasteiger partial charge is 0.480 e. The number of hydrogen-bond acceptors (Lipinski definition) is 3. The van der Waals surface area contributed by atoms with Crippen molar-refractivity contribution >= 4 is 23.3 Å². The van der Waals surface area contributed by atoms with Gasteiger partial charge in [-0.1, -0.05) is 49.4 Å². The Balaban J connectivity index is 1.42. The molecule has 5 rings (SSSR count). The number of hydrogen-bond donors (Lipinski definition) is 2. The molecule has 6 nitrogen and oxygen atoms in total. The average molecular weight is 456 g/mol. The van der Waals surface area contributed by atoms with Crippen LogP contribution in [0.3, 0.4) is 0 Å². The van der Waals surface area contributed by atoms with Gasteiger partial charge < -0.3 is 20.3 Å². The van der Waals surface area contributed by atoms with E-state index in [9.17, 15) is 9.59 Å². The van der Waals surface area contributed by atoms with Gasteiger partial charge in [0.25, 0.3) is 5.91 Å². The average Bonchev–Trinajstić information content (AvgIpc) is 3.00. The number of aryl methyl sites for hydroxylation is 1. The zero-order valence-electron chi connectivity index (χ0n) is 19.3. The lowest BCUT2D eigenvalue weighted by Gasteiger charge is -2.36. The molecule has 2 N–H and O–H groups in total. The van der Waals surface area contributed by atoms with Gasteiger partial charge in [-0.15, -0.1) is 0 Å². The van der Waals surface area contributed by atoms with Gasteiger partial charge in [0, 0.05) is 16.9 Å². The first-order valence-corrected chi connectivity index (χ1v) is 11.9. The standard InChI is InChI=1S/C28H29N3O3/c1-2-25-27(32)31(24-14-8-10-19-9-6-7-13-23(19)24)18-20-17-22(15-16-26(20)34-25)30-28(33)29-21-11-4-3-5-12-21/h3-7,9,11-13,15-17,24-25H,2,8,10,14,18H2,1H3,(H2,29,30,33). The van der Waals surface area contributed by atoms with E-state index < -0.39 is 6.10 Å². The van der Waals surface area contributed by atoms with Gasteiger partial charge in [-0.05, 0) is 67.1 Å². The topological polar surface area (TPSA) is 70.7 Å². The SMILES string of the molecule is CCC1Oc2ccc(NC(=O)Nc3ccccc3)cc2CN(C2CCCc3ccccc32)C1=O. The van der Waals surface area contributed by atoms with Crippen LogP contribution in [0, 0.1) is 0 Å². The molecule has 2 unspecified atom stereocenters. The Hall–Kier alpha value is -3.80. The van der Waals surface area contributed by atoms with Crippen molar-refractivity contribution in [1.82, 2.24) is 4.90 Å². The van der Waals surface area contributed by atoms with Crippen LogP contribution in [0.4, 0.5) is 16.2 Å². The van der Waals surface area contributed by atoms with Crippen LogP contribution >= 0.6 is 0 Å². The number of carbonyl (C=O) groups excluding carboxylic acids is 2. The quantitative estimate of drug-likeness (QED) is 0.514. The number of carbonyl (C=O) groups is 2. The molecule has 0 fully saturated rings. The normalized spacial score (nSPS) is 19.3. The van der Waals surface area contributed by atoms with Crippen LogP contribution in [0.1, 0.15) is 48.9 Å². The summed E-state index contributed by atoms with van der Waals surface area (Å²) in [6.07, 6.45) is 3.12. The molecule has 2 atom stereocenters. The van der Waals surface area contributed by atoms with Gasteiger partial charge in [-0.3, -0.25) is 4.79 Å². The maximum absolute atomic E-state index is 13.5. The summed E-state index contributed by atoms with van der Waals surface area (Å²) >= 11 is 0. The van der Waals surface area contributed by atoms with E-state index in [1.807, 2.05) is 60.4 Å². The predicted molar refractivity (Wildman–Crippen MR) is 133 cm³/mol. The van der Waals surface area contributed by atoms with Crippen LogP contribution in [0.2, 0.25) is 0 Å². The van der Waals surface area contributed by atoms with Crippen molar-refractivity contribution in [2.45, 2.75) is 51.3 Å². The van der Waals surface area contributed by atoms with Gasteiger partial charge >= 0.3 is 6.03 Å². The second-order valence-corrected chi connectivity index (χ2v) is 8.86. The fourth-order valence-corrected chi connectivity index (χ4v) is 4.93. The van der Waals surface area contributed by atoms with Gasteiger partial charge in [0.2, 0.25) is 0 Å². The van der Waals surface area contributed by atoms with Crippen LogP contribution < -0.4 is 15.4 Å². The minimum atomic E-state index is -0.518. The Morgan fingerprint density at radius 3 is 2.56 bits per heavy atom. The number of nitrogens with one attached hydrogen (secondary N) is 2. The van der Waals surface area contributed by atoms with E-state index in [2.05, 4.69) is 34.9 Å². The van der Waals surface area contributed by atoms with E-state index in [-0.39, 0.29) is 18.0 Å². The van der Waals surface area contributed by atoms with Crippen LogP contribution in [0.5, 0.6) is 5.75 Å². The van der Waals surface area contributed by atoms with Crippen molar-refractivity contribution in [2.24, 2.45) is 0 Å². The predicted octanol–water partition coefficient (Wildman–Crippen LogP) is 5.91. The lowest BCUT2D eigenvalue weighted by molar-refractivity contribution is -0.141. The Morgan fingerprint density at radius 2 is 1.74 bits per heavy atom. The summed E-state index contributed by atoms with van der Waals surface area (Å²) in [6.45, 7) is 2.42. The smallest absolute Gasteiger partial charge is 0.323 e. The fraction of sp³-hybridized carbons (Fsp3) is 0.286. The van der Waals surface area contributed by atoms with E-state index in [4.69, 9.17) is 4.74 Å². The molecule has 1 aliphatic heterocycles. The molecule has 3 amide bonds. The Kier molecular flexibility index (Phi) is 6.21. The van der Waals surface area contributed by atoms with E-state index in [1.165, 1.54) is 11.1 Å². The van der Waals surface area contributed by atoms with E-state index in [0.717, 1.165) is 30.5 Å². The third-order valence-electron chi connectivity index (χ3n) is 6.60. The number of ether oxygens (including phenoxy) is 1. The Bertz CT molecular complexity index is 1190. The highest BCUT2D eigenvalue weighted by Crippen LogP contribution is 2.39. The molecule has 3 aromatic carbocycles. The van der Waals surface area contributed by atoms with Gasteiger partial charge in [-0.2, -0.15) is 0 Å². The summed E-state index contributed by atoms with van der Waals surface area (Å²) in [5, 5.41) is 5.73. The summed E-state index contributed by atoms with van der Waals surface area (Å²) in [5.74, 6) is 0.720. The first kappa shape index (κ1) is 22.0. The van der Waals surface area contributed by atoms with Crippen molar-refractivity contribution in [2.75, 3.05) is 10.6 Å². The van der Waals surface area contributed by atoms with Crippen LogP contribution in [-0.2, 0) is 17.8 Å². The van der Waals surface area contributed by atoms with Crippen molar-refractivity contribution in [1.29, 1.82) is 0 Å². The lowest BCUT2D eigenvalue weighted by Crippen LogP contribution is -2.42. The van der Waals surface area contributed by atoms with Gasteiger partial charge in [0.05, 0.1) is 12.6 Å². The summed E-state index contributed by atoms with van der Waals surface area (Å²) in [6, 6.07) is 23.0. The summed E-state index contributed by atoms with van der Waals surface area (Å²) in [5.41, 5.74) is 4.82. The van der Waals surface area contributed by atoms with E-state index in [0.29, 0.717) is 24.4 Å². The number of anilines is 2. The molecule has 0 bridgehead atoms. The highest BCUT2D eigenvalue weighted by atomic mass is 16.5. The zero-order chi connectivity index (χ0) is 23.5. The van der Waals surface area contributed by atoms with Crippen molar-refractivity contribution in [3.05, 3.63) is 89.5 Å². The number of fused-ring (bicyclic) bond motifs is 2. The Labute approximate surface area is 199 Å². The maximum Gasteiger partial charge on any atom is 0.323 e. The number of benzene rings is 3. The first-order valence-electron chi connectivity index (χ1n) is 11.9. The van der Waals surface area contributed by atoms with Gasteiger partial charge in [0.15, 0.2) is 6.10 Å². The molecular weight excluding hydrogens is 426 g/mol. The summed E-state index contributed by atoms with van der Waals surface area (Å²) in [7, 11) is 0. The minimum absolute atomic E-state index is 0.0248. The summed E-state index contributed by atoms with van der Waals surface area (Å²) in [4.78, 5) is 28.0. The molecule has 0 aromatic heterocycles. The van der Waals surface area contributed by atoms with Crippen molar-refractivity contribution in [3.8, 4) is 5.75 Å². The summed E-state index contributed by atoms with van der Waals surface area (Å²) < 4.78 is 6.16. The molecule has 0 radical (unpaired) electrons. The van der Waals surface area contributed by atoms with E-state index >= 15 is 0 Å². The van der Waals surface area contributed by atoms with E-state index in [1.54, 1.807) is 0 Å². The molecule has 1 aliphatic carbocycles. The highest BCUT2D eigenvalue weighted by molar-refractivity contribution is 5.99. The lowest BCUT2D eigenvalue weighted by atomic mass is 9.86. The van der Waals surface area contributed by atoms with Crippen LogP contribution in [-0.4, -0.2) is 22.9 Å². The number of amides is 3. The second kappa shape index (κ2) is 9.59. The second-order valence-electron chi connectivity index (χ2n) is 8.86. The third-order valence-corrected chi connectivity index (χ3v) is 6.60. The molecular formula is C28H29N3O3. The molecule has 0 saturated heterocycles.